The largest absolute Gasteiger partial charge is 1.00 e. The number of rotatable bonds is 4. The van der Waals surface area contributed by atoms with E-state index in [1.54, 1.807) is 25.1 Å². The van der Waals surface area contributed by atoms with Gasteiger partial charge in [-0.1, -0.05) is 17.7 Å². The van der Waals surface area contributed by atoms with Crippen LogP contribution in [0.15, 0.2) is 42.0 Å². The summed E-state index contributed by atoms with van der Waals surface area (Å²) in [5.41, 5.74) is 2.68. The molecule has 10 nitrogen and oxygen atoms in total. The van der Waals surface area contributed by atoms with Crippen molar-refractivity contribution in [2.45, 2.75) is 13.8 Å². The Morgan fingerprint density at radius 1 is 1.03 bits per heavy atom. The molecule has 2 aromatic carbocycles. The van der Waals surface area contributed by atoms with Gasteiger partial charge in [-0.3, -0.25) is 25.0 Å². The molecule has 2 aromatic rings. The summed E-state index contributed by atoms with van der Waals surface area (Å²) in [5.74, 6) is -1.62. The Bertz CT molecular complexity index is 1210. The number of benzene rings is 2. The van der Waals surface area contributed by atoms with Crippen LogP contribution in [0.25, 0.3) is 6.08 Å². The molecule has 0 aromatic heterocycles. The minimum atomic E-state index is -0.838. The van der Waals surface area contributed by atoms with E-state index in [1.165, 1.54) is 18.2 Å². The Balaban J connectivity index is 0.00000324. The molecule has 0 aliphatic carbocycles. The van der Waals surface area contributed by atoms with Gasteiger partial charge >= 0.3 is 6.03 Å². The molecule has 178 valence electrons. The molecule has 0 bridgehead atoms. The quantitative estimate of drug-likeness (QED) is 0.229. The molecular weight excluding hydrogens is 462 g/mol. The number of barbiturate groups is 1. The number of nitrogens with one attached hydrogen (secondary N) is 1. The number of piperazine rings is 1. The summed E-state index contributed by atoms with van der Waals surface area (Å²) in [6, 6.07) is 8.81. The molecule has 11 heteroatoms. The summed E-state index contributed by atoms with van der Waals surface area (Å²) in [7, 11) is 0. The molecule has 2 aliphatic rings. The van der Waals surface area contributed by atoms with Crippen LogP contribution in [0.2, 0.25) is 0 Å². The fourth-order valence-electron chi connectivity index (χ4n) is 4.14. The number of quaternary nitrogens is 1. The number of nitro benzene ring substituents is 1. The van der Waals surface area contributed by atoms with Crippen molar-refractivity contribution in [2.75, 3.05) is 36.0 Å². The molecule has 0 atom stereocenters. The third kappa shape index (κ3) is 4.78. The monoisotopic (exact) mass is 485 g/mol. The van der Waals surface area contributed by atoms with Gasteiger partial charge in [0.1, 0.15) is 5.57 Å². The lowest BCUT2D eigenvalue weighted by atomic mass is 10.0. The number of imide groups is 2. The standard InChI is InChI=1S/C23H23N5O5.ClH/c1-14-3-5-19(15(2)11-14)27-22(30)18(21(29)25-23(27)31)13-16-12-17(28(32)33)4-6-20(16)26-9-7-24-8-10-26;/h3-6,11-13,24H,7-10H2,1-2H3,(H,25,29,31);1H/b18-13-;. The number of hydrogen-bond donors (Lipinski definition) is 2. The van der Waals surface area contributed by atoms with Gasteiger partial charge in [0.05, 0.1) is 36.8 Å². The number of amides is 4. The third-order valence-electron chi connectivity index (χ3n) is 5.76. The first-order valence-corrected chi connectivity index (χ1v) is 10.6. The number of nitro groups is 1. The molecule has 0 radical (unpaired) electrons. The molecule has 4 amide bonds. The van der Waals surface area contributed by atoms with Crippen LogP contribution in [-0.2, 0) is 9.59 Å². The van der Waals surface area contributed by atoms with E-state index in [9.17, 15) is 24.5 Å². The zero-order valence-electron chi connectivity index (χ0n) is 18.7. The van der Waals surface area contributed by atoms with Gasteiger partial charge in [0, 0.05) is 23.4 Å². The van der Waals surface area contributed by atoms with E-state index in [0.29, 0.717) is 22.5 Å². The molecule has 34 heavy (non-hydrogen) atoms. The summed E-state index contributed by atoms with van der Waals surface area (Å²) in [6.07, 6.45) is 1.33. The first-order chi connectivity index (χ1) is 15.8. The smallest absolute Gasteiger partial charge is 0.335 e. The third-order valence-corrected chi connectivity index (χ3v) is 5.76. The minimum absolute atomic E-state index is 0. The summed E-state index contributed by atoms with van der Waals surface area (Å²) >= 11 is 0. The second-order valence-electron chi connectivity index (χ2n) is 8.10. The summed E-state index contributed by atoms with van der Waals surface area (Å²) in [6.45, 7) is 6.84. The van der Waals surface area contributed by atoms with Crippen LogP contribution in [0.4, 0.5) is 21.9 Å². The van der Waals surface area contributed by atoms with Crippen LogP contribution >= 0.6 is 0 Å². The van der Waals surface area contributed by atoms with Gasteiger partial charge in [-0.25, -0.2) is 9.69 Å². The molecule has 3 N–H and O–H groups in total. The molecule has 2 aliphatic heterocycles. The molecular formula is C23H24ClN5O5. The van der Waals surface area contributed by atoms with E-state index in [2.05, 4.69) is 15.5 Å². The van der Waals surface area contributed by atoms with Crippen LogP contribution in [-0.4, -0.2) is 48.9 Å². The van der Waals surface area contributed by atoms with Crippen molar-refractivity contribution < 1.29 is 37.0 Å². The van der Waals surface area contributed by atoms with Crippen LogP contribution in [0.1, 0.15) is 16.7 Å². The predicted octanol–water partition coefficient (Wildman–Crippen LogP) is -1.73. The fourth-order valence-corrected chi connectivity index (χ4v) is 4.14. The van der Waals surface area contributed by atoms with E-state index < -0.39 is 22.8 Å². The topological polar surface area (TPSA) is 129 Å². The lowest BCUT2D eigenvalue weighted by molar-refractivity contribution is -0.655. The second kappa shape index (κ2) is 10.0. The highest BCUT2D eigenvalue weighted by molar-refractivity contribution is 6.39. The van der Waals surface area contributed by atoms with E-state index in [-0.39, 0.29) is 23.7 Å². The number of carbonyl (C=O) groups is 3. The average Bonchev–Trinajstić information content (AvgIpc) is 2.78. The zero-order valence-corrected chi connectivity index (χ0v) is 19.5. The Hall–Kier alpha value is -3.76. The first-order valence-electron chi connectivity index (χ1n) is 10.6. The number of halogens is 1. The normalized spacial score (nSPS) is 17.5. The maximum absolute atomic E-state index is 13.3. The van der Waals surface area contributed by atoms with Crippen molar-refractivity contribution in [3.05, 3.63) is 68.8 Å². The Kier molecular flexibility index (Phi) is 7.33. The van der Waals surface area contributed by atoms with E-state index in [1.807, 2.05) is 13.0 Å². The number of urea groups is 1. The van der Waals surface area contributed by atoms with Crippen molar-refractivity contribution >= 4 is 41.0 Å². The maximum atomic E-state index is 13.3. The summed E-state index contributed by atoms with van der Waals surface area (Å²) in [5, 5.41) is 15.8. The van der Waals surface area contributed by atoms with Crippen LogP contribution in [0.3, 0.4) is 0 Å². The fraction of sp³-hybridized carbons (Fsp3) is 0.261. The number of aryl methyl sites for hydroxylation is 2. The number of nitrogens with zero attached hydrogens (tertiary/aromatic N) is 3. The average molecular weight is 486 g/mol. The highest BCUT2D eigenvalue weighted by Crippen LogP contribution is 2.30. The van der Waals surface area contributed by atoms with E-state index in [4.69, 9.17) is 0 Å². The highest BCUT2D eigenvalue weighted by Gasteiger charge is 2.37. The lowest BCUT2D eigenvalue weighted by Crippen LogP contribution is -3.00. The number of hydrogen-bond acceptors (Lipinski definition) is 6. The van der Waals surface area contributed by atoms with Crippen LogP contribution in [0.5, 0.6) is 0 Å². The van der Waals surface area contributed by atoms with E-state index in [0.717, 1.165) is 36.6 Å². The Morgan fingerprint density at radius 2 is 1.71 bits per heavy atom. The maximum Gasteiger partial charge on any atom is 0.335 e. The van der Waals surface area contributed by atoms with Crippen molar-refractivity contribution in [1.29, 1.82) is 0 Å². The van der Waals surface area contributed by atoms with E-state index >= 15 is 0 Å². The number of nitrogens with two attached hydrogens (primary N) is 1. The van der Waals surface area contributed by atoms with Gasteiger partial charge in [0.25, 0.3) is 17.5 Å². The molecule has 2 fully saturated rings. The van der Waals surface area contributed by atoms with Crippen LogP contribution in [0, 0.1) is 24.0 Å². The number of non-ortho nitro benzene ring substituents is 1. The van der Waals surface area contributed by atoms with Gasteiger partial charge in [0.15, 0.2) is 0 Å². The van der Waals surface area contributed by atoms with Gasteiger partial charge in [-0.15, -0.1) is 0 Å². The van der Waals surface area contributed by atoms with Crippen molar-refractivity contribution in [3.8, 4) is 0 Å². The van der Waals surface area contributed by atoms with Crippen molar-refractivity contribution in [3.63, 3.8) is 0 Å². The van der Waals surface area contributed by atoms with Crippen molar-refractivity contribution in [2.24, 2.45) is 0 Å². The summed E-state index contributed by atoms with van der Waals surface area (Å²) < 4.78 is 0. The highest BCUT2D eigenvalue weighted by atomic mass is 35.5. The van der Waals surface area contributed by atoms with Crippen LogP contribution < -0.4 is 32.8 Å². The lowest BCUT2D eigenvalue weighted by Gasteiger charge is -2.30. The number of carbonyl (C=O) groups excluding carboxylic acids is 3. The molecule has 2 saturated heterocycles. The van der Waals surface area contributed by atoms with Gasteiger partial charge in [-0.05, 0) is 37.6 Å². The zero-order chi connectivity index (χ0) is 23.7. The van der Waals surface area contributed by atoms with Gasteiger partial charge < -0.3 is 22.6 Å². The Morgan fingerprint density at radius 3 is 2.35 bits per heavy atom. The predicted molar refractivity (Wildman–Crippen MR) is 122 cm³/mol. The Labute approximate surface area is 202 Å². The molecule has 4 rings (SSSR count). The van der Waals surface area contributed by atoms with Gasteiger partial charge in [-0.2, -0.15) is 0 Å². The molecule has 0 spiro atoms. The summed E-state index contributed by atoms with van der Waals surface area (Å²) in [4.78, 5) is 52.4. The molecule has 0 saturated carbocycles. The molecule has 0 unspecified atom stereocenters. The number of anilines is 2. The molecule has 2 heterocycles. The van der Waals surface area contributed by atoms with Crippen molar-refractivity contribution in [1.82, 2.24) is 5.32 Å². The van der Waals surface area contributed by atoms with Gasteiger partial charge in [0.2, 0.25) is 0 Å². The minimum Gasteiger partial charge on any atom is -1.00 e. The first kappa shape index (κ1) is 24.9. The SMILES string of the molecule is Cc1ccc(N2C(=O)NC(=O)/C(=C/c3cc([N+](=O)[O-])ccc3N3CC[NH2+]CC3)C2=O)c(C)c1.[Cl-]. The second-order valence-corrected chi connectivity index (χ2v) is 8.10.